The van der Waals surface area contributed by atoms with Crippen LogP contribution in [0.15, 0.2) is 60.7 Å². The monoisotopic (exact) mass is 401 g/mol. The molecular formula is C26H12ClN3. The third-order valence-electron chi connectivity index (χ3n) is 5.96. The van der Waals surface area contributed by atoms with Gasteiger partial charge in [-0.1, -0.05) is 54.6 Å². The number of hydrogen-bond donors (Lipinski definition) is 0. The van der Waals surface area contributed by atoms with Gasteiger partial charge in [-0.25, -0.2) is 0 Å². The zero-order valence-corrected chi connectivity index (χ0v) is 16.5. The number of halogens is 1. The van der Waals surface area contributed by atoms with E-state index in [1.54, 1.807) is 0 Å². The van der Waals surface area contributed by atoms with Crippen LogP contribution in [-0.2, 0) is 0 Å². The zero-order valence-electron chi connectivity index (χ0n) is 15.7. The average molecular weight is 402 g/mol. The maximum atomic E-state index is 9.63. The molecule has 0 amide bonds. The summed E-state index contributed by atoms with van der Waals surface area (Å²) < 4.78 is 0. The second kappa shape index (κ2) is 5.74. The van der Waals surface area contributed by atoms with Crippen molar-refractivity contribution in [3.05, 3.63) is 76.1 Å². The molecule has 0 aromatic heterocycles. The second-order valence-corrected chi connectivity index (χ2v) is 7.93. The first-order valence-electron chi connectivity index (χ1n) is 9.46. The Labute approximate surface area is 176 Å². The lowest BCUT2D eigenvalue weighted by Crippen LogP contribution is -2.25. The molecule has 6 rings (SSSR count). The fraction of sp³-hybridized carbons (Fsp3) is 0. The molecule has 0 spiro atoms. The molecule has 0 atom stereocenters. The molecule has 138 valence electrons. The summed E-state index contributed by atoms with van der Waals surface area (Å²) in [5.41, 5.74) is 2.98. The number of hydrogen-bond acceptors (Lipinski definition) is 3. The van der Waals surface area contributed by atoms with E-state index in [0.717, 1.165) is 54.6 Å². The highest BCUT2D eigenvalue weighted by molar-refractivity contribution is 6.32. The summed E-state index contributed by atoms with van der Waals surface area (Å²) in [5, 5.41) is 27.5. The van der Waals surface area contributed by atoms with Crippen molar-refractivity contribution < 1.29 is 0 Å². The van der Waals surface area contributed by atoms with Crippen LogP contribution in [0, 0.1) is 22.7 Å². The molecule has 3 nitrogen and oxygen atoms in total. The number of anilines is 3. The summed E-state index contributed by atoms with van der Waals surface area (Å²) in [6.07, 6.45) is 0. The molecule has 0 radical (unpaired) electrons. The van der Waals surface area contributed by atoms with Gasteiger partial charge in [0.1, 0.15) is 17.7 Å². The standard InChI is InChI=1S/C26H12ClN3/c1-14-8-23-18-6-2-4-15-5-3-7-19(25(15)18)24-11-21(16(12-28)13-29)22-10-17(27)9-20(14)26(22)30(23)24/h2-11H,1H2. The van der Waals surface area contributed by atoms with Gasteiger partial charge in [0, 0.05) is 37.2 Å². The highest BCUT2D eigenvalue weighted by Crippen LogP contribution is 2.50. The van der Waals surface area contributed by atoms with Crippen molar-refractivity contribution in [2.45, 2.75) is 0 Å². The van der Waals surface area contributed by atoms with E-state index in [0.29, 0.717) is 10.2 Å². The smallest absolute Gasteiger partial charge is 0.137 e. The lowest BCUT2D eigenvalue weighted by molar-refractivity contribution is 1.29. The molecule has 0 unspecified atom stereocenters. The zero-order chi connectivity index (χ0) is 20.6. The highest BCUT2D eigenvalue weighted by atomic mass is 35.5. The minimum absolute atomic E-state index is 0.0689. The Morgan fingerprint density at radius 3 is 2.13 bits per heavy atom. The lowest BCUT2D eigenvalue weighted by atomic mass is 9.91. The van der Waals surface area contributed by atoms with Crippen LogP contribution in [-0.4, -0.2) is 0 Å². The molecular weight excluding hydrogens is 390 g/mol. The molecule has 0 N–H and O–H groups in total. The molecule has 0 bridgehead atoms. The topological polar surface area (TPSA) is 50.8 Å². The van der Waals surface area contributed by atoms with Gasteiger partial charge in [0.25, 0.3) is 0 Å². The normalized spacial score (nSPS) is 12.2. The Balaban J connectivity index is 2.07. The molecule has 0 aliphatic carbocycles. The average Bonchev–Trinajstić information content (AvgIpc) is 2.76. The molecule has 3 aromatic carbocycles. The molecule has 0 saturated carbocycles. The molecule has 3 aromatic rings. The van der Waals surface area contributed by atoms with E-state index in [2.05, 4.69) is 60.0 Å². The summed E-state index contributed by atoms with van der Waals surface area (Å²) >= 11 is 6.43. The lowest BCUT2D eigenvalue weighted by Gasteiger charge is -2.35. The van der Waals surface area contributed by atoms with Crippen molar-refractivity contribution in [2.75, 3.05) is 4.90 Å². The Morgan fingerprint density at radius 1 is 0.833 bits per heavy atom. The Morgan fingerprint density at radius 2 is 1.47 bits per heavy atom. The van der Waals surface area contributed by atoms with Gasteiger partial charge in [0.05, 0.1) is 17.1 Å². The molecule has 30 heavy (non-hydrogen) atoms. The number of benzene rings is 3. The molecule has 3 aliphatic rings. The van der Waals surface area contributed by atoms with Crippen LogP contribution in [0.4, 0.5) is 17.1 Å². The van der Waals surface area contributed by atoms with E-state index in [4.69, 9.17) is 11.6 Å². The van der Waals surface area contributed by atoms with Crippen molar-refractivity contribution in [3.8, 4) is 12.1 Å². The molecule has 3 heterocycles. The minimum Gasteiger partial charge on any atom is -0.308 e. The summed E-state index contributed by atoms with van der Waals surface area (Å²) in [5.74, 6) is 0. The van der Waals surface area contributed by atoms with Crippen molar-refractivity contribution in [1.82, 2.24) is 0 Å². The molecule has 4 heteroatoms. The fourth-order valence-corrected chi connectivity index (χ4v) is 4.98. The van der Waals surface area contributed by atoms with Crippen molar-refractivity contribution in [2.24, 2.45) is 0 Å². The van der Waals surface area contributed by atoms with Gasteiger partial charge in [-0.05, 0) is 34.9 Å². The van der Waals surface area contributed by atoms with Gasteiger partial charge < -0.3 is 4.90 Å². The van der Waals surface area contributed by atoms with E-state index in [9.17, 15) is 10.5 Å². The number of nitrogens with zero attached hydrogens (tertiary/aromatic N) is 3. The number of nitriles is 2. The predicted octanol–water partition coefficient (Wildman–Crippen LogP) is 5.63. The van der Waals surface area contributed by atoms with Gasteiger partial charge in [0.15, 0.2) is 0 Å². The SMILES string of the molecule is C=c1cc2c3cccc4cccc(c5cc(=C(C#N)C#N)c6cc(Cl)cc1c6N25)c43. The van der Waals surface area contributed by atoms with E-state index >= 15 is 0 Å². The minimum atomic E-state index is 0.0689. The first-order chi connectivity index (χ1) is 14.6. The number of fused-ring (bicyclic) bond motifs is 2. The van der Waals surface area contributed by atoms with Gasteiger partial charge in [0.2, 0.25) is 0 Å². The third-order valence-corrected chi connectivity index (χ3v) is 6.18. The Hall–Kier alpha value is -4.05. The maximum absolute atomic E-state index is 9.63. The van der Waals surface area contributed by atoms with Crippen LogP contribution >= 0.6 is 11.6 Å². The quantitative estimate of drug-likeness (QED) is 0.331. The molecule has 0 fully saturated rings. The largest absolute Gasteiger partial charge is 0.308 e. The van der Waals surface area contributed by atoms with Crippen LogP contribution < -0.4 is 15.3 Å². The van der Waals surface area contributed by atoms with E-state index in [-0.39, 0.29) is 5.57 Å². The molecule has 0 saturated heterocycles. The third kappa shape index (κ3) is 1.97. The van der Waals surface area contributed by atoms with Crippen molar-refractivity contribution >= 4 is 73.1 Å². The van der Waals surface area contributed by atoms with Gasteiger partial charge in [-0.3, -0.25) is 0 Å². The van der Waals surface area contributed by atoms with Crippen LogP contribution in [0.1, 0.15) is 0 Å². The summed E-state index contributed by atoms with van der Waals surface area (Å²) in [4.78, 5) is 2.21. The Bertz CT molecular complexity index is 1730. The van der Waals surface area contributed by atoms with E-state index in [1.165, 1.54) is 0 Å². The van der Waals surface area contributed by atoms with E-state index in [1.807, 2.05) is 24.3 Å². The van der Waals surface area contributed by atoms with E-state index < -0.39 is 0 Å². The molecule has 3 aliphatic heterocycles. The second-order valence-electron chi connectivity index (χ2n) is 7.49. The maximum Gasteiger partial charge on any atom is 0.137 e. The van der Waals surface area contributed by atoms with Gasteiger partial charge >= 0.3 is 0 Å². The highest BCUT2D eigenvalue weighted by Gasteiger charge is 2.28. The van der Waals surface area contributed by atoms with Crippen molar-refractivity contribution in [3.63, 3.8) is 0 Å². The van der Waals surface area contributed by atoms with Gasteiger partial charge in [-0.2, -0.15) is 10.5 Å². The summed E-state index contributed by atoms with van der Waals surface area (Å²) in [6, 6.07) is 24.4. The first-order valence-corrected chi connectivity index (χ1v) is 9.84. The fourth-order valence-electron chi connectivity index (χ4n) is 4.76. The van der Waals surface area contributed by atoms with Crippen molar-refractivity contribution in [1.29, 1.82) is 10.5 Å². The summed E-state index contributed by atoms with van der Waals surface area (Å²) in [7, 11) is 0. The van der Waals surface area contributed by atoms with Crippen LogP contribution in [0.3, 0.4) is 0 Å². The predicted molar refractivity (Wildman–Crippen MR) is 123 cm³/mol. The van der Waals surface area contributed by atoms with Crippen LogP contribution in [0.2, 0.25) is 5.02 Å². The number of rotatable bonds is 0. The first kappa shape index (κ1) is 16.9. The van der Waals surface area contributed by atoms with Crippen LogP contribution in [0.5, 0.6) is 0 Å². The Kier molecular flexibility index (Phi) is 3.22. The summed E-state index contributed by atoms with van der Waals surface area (Å²) in [6.45, 7) is 4.28. The van der Waals surface area contributed by atoms with Gasteiger partial charge in [-0.15, -0.1) is 0 Å². The van der Waals surface area contributed by atoms with Crippen LogP contribution in [0.25, 0.3) is 44.5 Å².